The number of aromatic nitrogens is 3. The van der Waals surface area contributed by atoms with Gasteiger partial charge < -0.3 is 5.11 Å². The molecule has 0 fully saturated rings. The first-order chi connectivity index (χ1) is 5.27. The fourth-order valence-electron chi connectivity index (χ4n) is 0.928. The minimum atomic E-state index is -0.391. The molecule has 2 heterocycles. The average molecular weight is 151 g/mol. The minimum Gasteiger partial charge on any atom is -0.494 e. The van der Waals surface area contributed by atoms with Crippen LogP contribution in [0.15, 0.2) is 23.4 Å². The van der Waals surface area contributed by atoms with Crippen LogP contribution in [-0.2, 0) is 0 Å². The Hall–Kier alpha value is -1.78. The summed E-state index contributed by atoms with van der Waals surface area (Å²) in [6, 6.07) is 1.42. The maximum Gasteiger partial charge on any atom is 0.334 e. The van der Waals surface area contributed by atoms with Gasteiger partial charge in [0.2, 0.25) is 0 Å². The van der Waals surface area contributed by atoms with Gasteiger partial charge in [0.05, 0.1) is 11.7 Å². The Morgan fingerprint density at radius 3 is 3.27 bits per heavy atom. The average Bonchev–Trinajstić information content (AvgIpc) is 2.34. The fraction of sp³-hybridized carbons (Fsp3) is 0. The van der Waals surface area contributed by atoms with Crippen LogP contribution < -0.4 is 5.69 Å². The SMILES string of the molecule is O=c1[nH]c(O)cc2cncn12. The second-order valence-corrected chi connectivity index (χ2v) is 2.15. The Balaban J connectivity index is 3.02. The Labute approximate surface area is 60.9 Å². The normalized spacial score (nSPS) is 10.5. The monoisotopic (exact) mass is 151 g/mol. The lowest BCUT2D eigenvalue weighted by molar-refractivity contribution is 0.450. The highest BCUT2D eigenvalue weighted by Crippen LogP contribution is 2.04. The van der Waals surface area contributed by atoms with E-state index in [0.29, 0.717) is 5.52 Å². The molecule has 0 aliphatic heterocycles. The summed E-state index contributed by atoms with van der Waals surface area (Å²) in [5.41, 5.74) is 0.184. The Morgan fingerprint density at radius 1 is 1.64 bits per heavy atom. The van der Waals surface area contributed by atoms with E-state index < -0.39 is 5.69 Å². The summed E-state index contributed by atoms with van der Waals surface area (Å²) in [5, 5.41) is 8.93. The summed E-state index contributed by atoms with van der Waals surface area (Å²) in [5.74, 6) is -0.150. The largest absolute Gasteiger partial charge is 0.494 e. The molecule has 0 aromatic carbocycles. The minimum absolute atomic E-state index is 0.150. The second-order valence-electron chi connectivity index (χ2n) is 2.15. The van der Waals surface area contributed by atoms with Gasteiger partial charge in [0.25, 0.3) is 0 Å². The topological polar surface area (TPSA) is 70.4 Å². The zero-order chi connectivity index (χ0) is 7.84. The number of nitrogens with zero attached hydrogens (tertiary/aromatic N) is 2. The summed E-state index contributed by atoms with van der Waals surface area (Å²) >= 11 is 0. The summed E-state index contributed by atoms with van der Waals surface area (Å²) in [7, 11) is 0. The van der Waals surface area contributed by atoms with Crippen molar-refractivity contribution in [3.8, 4) is 5.88 Å². The van der Waals surface area contributed by atoms with Gasteiger partial charge in [0, 0.05) is 6.07 Å². The zero-order valence-electron chi connectivity index (χ0n) is 5.48. The molecule has 0 unspecified atom stereocenters. The number of H-pyrrole nitrogens is 1. The van der Waals surface area contributed by atoms with Crippen LogP contribution in [0.4, 0.5) is 0 Å². The molecule has 0 amide bonds. The first-order valence-corrected chi connectivity index (χ1v) is 3.02. The van der Waals surface area contributed by atoms with Crippen molar-refractivity contribution in [2.75, 3.05) is 0 Å². The predicted octanol–water partition coefficient (Wildman–Crippen LogP) is -0.272. The lowest BCUT2D eigenvalue weighted by Gasteiger charge is -1.92. The number of fused-ring (bicyclic) bond motifs is 1. The molecule has 0 aliphatic carbocycles. The van der Waals surface area contributed by atoms with Crippen molar-refractivity contribution < 1.29 is 5.11 Å². The van der Waals surface area contributed by atoms with E-state index >= 15 is 0 Å². The Bertz CT molecular complexity index is 442. The molecular weight excluding hydrogens is 146 g/mol. The van der Waals surface area contributed by atoms with E-state index in [-0.39, 0.29) is 5.88 Å². The van der Waals surface area contributed by atoms with Gasteiger partial charge in [-0.05, 0) is 0 Å². The summed E-state index contributed by atoms with van der Waals surface area (Å²) in [6.07, 6.45) is 2.88. The van der Waals surface area contributed by atoms with Crippen LogP contribution in [0.3, 0.4) is 0 Å². The standard InChI is InChI=1S/C6H5N3O2/c10-5-1-4-2-7-3-9(4)6(11)8-5/h1-3,10H,(H,8,11). The Kier molecular flexibility index (Phi) is 1.00. The number of rotatable bonds is 0. The molecule has 0 saturated heterocycles. The molecule has 11 heavy (non-hydrogen) atoms. The van der Waals surface area contributed by atoms with Gasteiger partial charge >= 0.3 is 5.69 Å². The van der Waals surface area contributed by atoms with Gasteiger partial charge in [-0.25, -0.2) is 9.78 Å². The molecule has 0 atom stereocenters. The third kappa shape index (κ3) is 0.778. The maximum absolute atomic E-state index is 11.0. The quantitative estimate of drug-likeness (QED) is 0.544. The highest BCUT2D eigenvalue weighted by molar-refractivity contribution is 5.45. The van der Waals surface area contributed by atoms with Crippen molar-refractivity contribution in [3.63, 3.8) is 0 Å². The van der Waals surface area contributed by atoms with E-state index in [1.54, 1.807) is 0 Å². The summed E-state index contributed by atoms with van der Waals surface area (Å²) < 4.78 is 1.31. The third-order valence-corrected chi connectivity index (χ3v) is 1.41. The molecule has 0 spiro atoms. The molecule has 0 radical (unpaired) electrons. The first kappa shape index (κ1) is 5.96. The summed E-state index contributed by atoms with van der Waals surface area (Å²) in [6.45, 7) is 0. The van der Waals surface area contributed by atoms with Gasteiger partial charge in [-0.15, -0.1) is 0 Å². The van der Waals surface area contributed by atoms with Crippen molar-refractivity contribution in [3.05, 3.63) is 29.1 Å². The zero-order valence-corrected chi connectivity index (χ0v) is 5.48. The van der Waals surface area contributed by atoms with Crippen molar-refractivity contribution >= 4 is 5.52 Å². The number of hydrogen-bond acceptors (Lipinski definition) is 3. The van der Waals surface area contributed by atoms with E-state index in [1.165, 1.54) is 23.0 Å². The smallest absolute Gasteiger partial charge is 0.334 e. The predicted molar refractivity (Wildman–Crippen MR) is 37.5 cm³/mol. The molecule has 0 aliphatic rings. The number of imidazole rings is 1. The van der Waals surface area contributed by atoms with E-state index in [0.717, 1.165) is 0 Å². The molecule has 2 aromatic rings. The van der Waals surface area contributed by atoms with Gasteiger partial charge in [-0.2, -0.15) is 0 Å². The highest BCUT2D eigenvalue weighted by Gasteiger charge is 1.97. The van der Waals surface area contributed by atoms with Gasteiger partial charge in [0.1, 0.15) is 6.33 Å². The first-order valence-electron chi connectivity index (χ1n) is 3.02. The van der Waals surface area contributed by atoms with Crippen LogP contribution in [0.1, 0.15) is 0 Å². The maximum atomic E-state index is 11.0. The number of aromatic hydroxyl groups is 1. The van der Waals surface area contributed by atoms with Gasteiger partial charge in [0.15, 0.2) is 5.88 Å². The molecule has 2 rings (SSSR count). The Morgan fingerprint density at radius 2 is 2.45 bits per heavy atom. The van der Waals surface area contributed by atoms with Gasteiger partial charge in [-0.1, -0.05) is 0 Å². The lowest BCUT2D eigenvalue weighted by atomic mass is 10.5. The van der Waals surface area contributed by atoms with E-state index in [1.807, 2.05) is 0 Å². The molecule has 0 bridgehead atoms. The van der Waals surface area contributed by atoms with Crippen molar-refractivity contribution in [2.45, 2.75) is 0 Å². The lowest BCUT2D eigenvalue weighted by Crippen LogP contribution is -2.13. The fourth-order valence-corrected chi connectivity index (χ4v) is 0.928. The van der Waals surface area contributed by atoms with E-state index in [9.17, 15) is 4.79 Å². The molecule has 5 heteroatoms. The molecule has 5 nitrogen and oxygen atoms in total. The second kappa shape index (κ2) is 1.85. The van der Waals surface area contributed by atoms with Crippen molar-refractivity contribution in [1.82, 2.24) is 14.4 Å². The van der Waals surface area contributed by atoms with Crippen LogP contribution in [0, 0.1) is 0 Å². The molecule has 56 valence electrons. The third-order valence-electron chi connectivity index (χ3n) is 1.41. The summed E-state index contributed by atoms with van der Waals surface area (Å²) in [4.78, 5) is 16.9. The van der Waals surface area contributed by atoms with Crippen LogP contribution in [-0.4, -0.2) is 19.5 Å². The van der Waals surface area contributed by atoms with E-state index in [2.05, 4.69) is 9.97 Å². The van der Waals surface area contributed by atoms with Crippen LogP contribution in [0.25, 0.3) is 5.52 Å². The molecule has 2 N–H and O–H groups in total. The highest BCUT2D eigenvalue weighted by atomic mass is 16.3. The van der Waals surface area contributed by atoms with Crippen molar-refractivity contribution in [2.24, 2.45) is 0 Å². The molecule has 0 saturated carbocycles. The number of aromatic amines is 1. The van der Waals surface area contributed by atoms with Gasteiger partial charge in [-0.3, -0.25) is 9.38 Å². The van der Waals surface area contributed by atoms with Crippen molar-refractivity contribution in [1.29, 1.82) is 0 Å². The van der Waals surface area contributed by atoms with Crippen LogP contribution in [0.5, 0.6) is 5.88 Å². The molecule has 2 aromatic heterocycles. The molecular formula is C6H5N3O2. The van der Waals surface area contributed by atoms with Crippen LogP contribution >= 0.6 is 0 Å². The van der Waals surface area contributed by atoms with E-state index in [4.69, 9.17) is 5.11 Å². The number of nitrogens with one attached hydrogen (secondary N) is 1. The van der Waals surface area contributed by atoms with Crippen LogP contribution in [0.2, 0.25) is 0 Å². The number of hydrogen-bond donors (Lipinski definition) is 2.